The lowest BCUT2D eigenvalue weighted by Crippen LogP contribution is -2.28. The maximum atomic E-state index is 11.2. The summed E-state index contributed by atoms with van der Waals surface area (Å²) >= 11 is 0. The van der Waals surface area contributed by atoms with Crippen LogP contribution in [0.5, 0.6) is 0 Å². The molecule has 2 aliphatic rings. The summed E-state index contributed by atoms with van der Waals surface area (Å²) in [5.74, 6) is -0.358. The molecular formula is C15H18O5. The SMILES string of the molecule is C=C[C@H]1[C@@H](OC2=CC(=O)OC2)[C@@H](C=C)C[C@@H]1OC(C)=O. The molecule has 5 heteroatoms. The minimum absolute atomic E-state index is 0.0268. The van der Waals surface area contributed by atoms with E-state index >= 15 is 0 Å². The van der Waals surface area contributed by atoms with Crippen molar-refractivity contribution in [2.24, 2.45) is 11.8 Å². The molecule has 2 rings (SSSR count). The number of rotatable bonds is 5. The van der Waals surface area contributed by atoms with Gasteiger partial charge in [0.1, 0.15) is 24.6 Å². The smallest absolute Gasteiger partial charge is 0.334 e. The van der Waals surface area contributed by atoms with Crippen LogP contribution < -0.4 is 0 Å². The first-order chi connectivity index (χ1) is 9.55. The normalized spacial score (nSPS) is 32.2. The highest BCUT2D eigenvalue weighted by molar-refractivity contribution is 5.84. The zero-order valence-corrected chi connectivity index (χ0v) is 11.4. The van der Waals surface area contributed by atoms with E-state index in [1.165, 1.54) is 13.0 Å². The lowest BCUT2D eigenvalue weighted by Gasteiger charge is -2.24. The predicted molar refractivity (Wildman–Crippen MR) is 71.5 cm³/mol. The third-order valence-corrected chi connectivity index (χ3v) is 3.55. The standard InChI is InChI=1S/C15H18O5/c1-4-10-6-13(19-9(3)16)12(5-2)15(10)20-11-7-14(17)18-8-11/h4-5,7,10,12-13,15H,1-2,6,8H2,3H3/t10-,12+,13-,15-/m0/s1. The van der Waals surface area contributed by atoms with Crippen LogP contribution in [0.4, 0.5) is 0 Å². The Bertz CT molecular complexity index is 465. The molecule has 0 spiro atoms. The average molecular weight is 278 g/mol. The molecule has 0 unspecified atom stereocenters. The summed E-state index contributed by atoms with van der Waals surface area (Å²) in [4.78, 5) is 22.2. The fourth-order valence-electron chi connectivity index (χ4n) is 2.68. The van der Waals surface area contributed by atoms with Gasteiger partial charge >= 0.3 is 11.9 Å². The van der Waals surface area contributed by atoms with Crippen molar-refractivity contribution in [1.82, 2.24) is 0 Å². The summed E-state index contributed by atoms with van der Waals surface area (Å²) in [5, 5.41) is 0. The van der Waals surface area contributed by atoms with Crippen molar-refractivity contribution < 1.29 is 23.8 Å². The van der Waals surface area contributed by atoms with Gasteiger partial charge in [-0.15, -0.1) is 13.2 Å². The van der Waals surface area contributed by atoms with Gasteiger partial charge in [-0.2, -0.15) is 0 Å². The fourth-order valence-corrected chi connectivity index (χ4v) is 2.68. The van der Waals surface area contributed by atoms with Gasteiger partial charge in [-0.1, -0.05) is 12.2 Å². The number of ether oxygens (including phenoxy) is 3. The molecule has 1 saturated carbocycles. The van der Waals surface area contributed by atoms with Crippen molar-refractivity contribution in [1.29, 1.82) is 0 Å². The van der Waals surface area contributed by atoms with Crippen molar-refractivity contribution in [3.8, 4) is 0 Å². The van der Waals surface area contributed by atoms with Crippen molar-refractivity contribution in [3.63, 3.8) is 0 Å². The Labute approximate surface area is 117 Å². The van der Waals surface area contributed by atoms with Gasteiger partial charge in [0.05, 0.1) is 12.0 Å². The van der Waals surface area contributed by atoms with E-state index < -0.39 is 5.97 Å². The van der Waals surface area contributed by atoms with Crippen LogP contribution in [0.15, 0.2) is 37.1 Å². The summed E-state index contributed by atoms with van der Waals surface area (Å²) < 4.78 is 16.0. The summed E-state index contributed by atoms with van der Waals surface area (Å²) in [6.07, 6.45) is 4.93. The topological polar surface area (TPSA) is 61.8 Å². The number of carbonyl (C=O) groups is 2. The number of esters is 2. The Kier molecular flexibility index (Phi) is 4.27. The molecule has 1 aliphatic carbocycles. The molecule has 0 aromatic rings. The highest BCUT2D eigenvalue weighted by atomic mass is 16.6. The predicted octanol–water partition coefficient (Wildman–Crippen LogP) is 1.75. The summed E-state index contributed by atoms with van der Waals surface area (Å²) in [6, 6.07) is 0. The van der Waals surface area contributed by atoms with E-state index in [2.05, 4.69) is 13.2 Å². The van der Waals surface area contributed by atoms with Gasteiger partial charge < -0.3 is 14.2 Å². The van der Waals surface area contributed by atoms with E-state index in [0.717, 1.165) is 0 Å². The quantitative estimate of drug-likeness (QED) is 0.566. The van der Waals surface area contributed by atoms with Crippen LogP contribution in [0.25, 0.3) is 0 Å². The van der Waals surface area contributed by atoms with E-state index in [4.69, 9.17) is 14.2 Å². The van der Waals surface area contributed by atoms with Crippen LogP contribution in [0.3, 0.4) is 0 Å². The second kappa shape index (κ2) is 5.94. The summed E-state index contributed by atoms with van der Waals surface area (Å²) in [5.41, 5.74) is 0. The molecule has 0 amide bonds. The minimum atomic E-state index is -0.403. The lowest BCUT2D eigenvalue weighted by atomic mass is 10.00. The van der Waals surface area contributed by atoms with E-state index in [9.17, 15) is 9.59 Å². The van der Waals surface area contributed by atoms with Gasteiger partial charge in [0.2, 0.25) is 0 Å². The van der Waals surface area contributed by atoms with Gasteiger partial charge in [-0.3, -0.25) is 4.79 Å². The van der Waals surface area contributed by atoms with Gasteiger partial charge in [0.25, 0.3) is 0 Å². The van der Waals surface area contributed by atoms with E-state index in [0.29, 0.717) is 12.2 Å². The monoisotopic (exact) mass is 278 g/mol. The molecule has 0 radical (unpaired) electrons. The van der Waals surface area contributed by atoms with Crippen molar-refractivity contribution in [2.75, 3.05) is 6.61 Å². The average Bonchev–Trinajstić information content (AvgIpc) is 2.93. The van der Waals surface area contributed by atoms with Crippen LogP contribution in [-0.2, 0) is 23.8 Å². The summed E-state index contributed by atoms with van der Waals surface area (Å²) in [6.45, 7) is 9.10. The molecule has 5 nitrogen and oxygen atoms in total. The molecule has 1 heterocycles. The fraction of sp³-hybridized carbons (Fsp3) is 0.467. The third kappa shape index (κ3) is 2.92. The highest BCUT2D eigenvalue weighted by Gasteiger charge is 2.44. The number of cyclic esters (lactones) is 1. The molecule has 0 aromatic heterocycles. The van der Waals surface area contributed by atoms with Crippen LogP contribution in [0.1, 0.15) is 13.3 Å². The third-order valence-electron chi connectivity index (χ3n) is 3.55. The van der Waals surface area contributed by atoms with Gasteiger partial charge in [-0.05, 0) is 6.42 Å². The molecule has 0 saturated heterocycles. The molecule has 20 heavy (non-hydrogen) atoms. The highest BCUT2D eigenvalue weighted by Crippen LogP contribution is 2.38. The van der Waals surface area contributed by atoms with Crippen molar-refractivity contribution in [2.45, 2.75) is 25.6 Å². The van der Waals surface area contributed by atoms with E-state index in [-0.39, 0.29) is 36.6 Å². The Hall–Kier alpha value is -2.04. The molecular weight excluding hydrogens is 260 g/mol. The Morgan fingerprint density at radius 2 is 2.20 bits per heavy atom. The van der Waals surface area contributed by atoms with Crippen molar-refractivity contribution >= 4 is 11.9 Å². The van der Waals surface area contributed by atoms with E-state index in [1.807, 2.05) is 0 Å². The first-order valence-corrected chi connectivity index (χ1v) is 6.51. The molecule has 108 valence electrons. The molecule has 1 aliphatic heterocycles. The Balaban J connectivity index is 2.13. The maximum absolute atomic E-state index is 11.2. The zero-order valence-electron chi connectivity index (χ0n) is 11.4. The maximum Gasteiger partial charge on any atom is 0.334 e. The number of hydrogen-bond acceptors (Lipinski definition) is 5. The van der Waals surface area contributed by atoms with Crippen LogP contribution in [0.2, 0.25) is 0 Å². The van der Waals surface area contributed by atoms with E-state index in [1.54, 1.807) is 12.2 Å². The second-order valence-electron chi connectivity index (χ2n) is 4.90. The lowest BCUT2D eigenvalue weighted by molar-refractivity contribution is -0.148. The first kappa shape index (κ1) is 14.4. The molecule has 0 aromatic carbocycles. The minimum Gasteiger partial charge on any atom is -0.489 e. The van der Waals surface area contributed by atoms with Crippen LogP contribution in [-0.4, -0.2) is 30.8 Å². The van der Waals surface area contributed by atoms with Crippen molar-refractivity contribution in [3.05, 3.63) is 37.1 Å². The zero-order chi connectivity index (χ0) is 14.7. The van der Waals surface area contributed by atoms with Crippen LogP contribution in [0, 0.1) is 11.8 Å². The first-order valence-electron chi connectivity index (χ1n) is 6.51. The second-order valence-corrected chi connectivity index (χ2v) is 4.90. The molecule has 4 atom stereocenters. The van der Waals surface area contributed by atoms with Gasteiger partial charge in [0, 0.05) is 12.8 Å². The van der Waals surface area contributed by atoms with Gasteiger partial charge in [-0.25, -0.2) is 4.79 Å². The number of hydrogen-bond donors (Lipinski definition) is 0. The molecule has 0 N–H and O–H groups in total. The molecule has 0 bridgehead atoms. The largest absolute Gasteiger partial charge is 0.489 e. The summed E-state index contributed by atoms with van der Waals surface area (Å²) in [7, 11) is 0. The van der Waals surface area contributed by atoms with Crippen LogP contribution >= 0.6 is 0 Å². The molecule has 1 fully saturated rings. The van der Waals surface area contributed by atoms with Gasteiger partial charge in [0.15, 0.2) is 0 Å². The number of carbonyl (C=O) groups excluding carboxylic acids is 2. The Morgan fingerprint density at radius 3 is 2.70 bits per heavy atom. The Morgan fingerprint density at radius 1 is 1.45 bits per heavy atom.